The highest BCUT2D eigenvalue weighted by atomic mass is 32.1. The summed E-state index contributed by atoms with van der Waals surface area (Å²) in [5, 5.41) is 9.16. The number of fused-ring (bicyclic) bond motifs is 1. The number of amides is 1. The van der Waals surface area contributed by atoms with Gasteiger partial charge in [0.15, 0.2) is 5.13 Å². The van der Waals surface area contributed by atoms with E-state index < -0.39 is 0 Å². The second kappa shape index (κ2) is 4.90. The van der Waals surface area contributed by atoms with Crippen molar-refractivity contribution < 1.29 is 4.79 Å². The number of carbonyl (C=O) groups is 1. The molecule has 2 N–H and O–H groups in total. The van der Waals surface area contributed by atoms with E-state index in [1.807, 2.05) is 24.4 Å². The van der Waals surface area contributed by atoms with Gasteiger partial charge in [-0.15, -0.1) is 11.3 Å². The first-order chi connectivity index (χ1) is 9.54. The SMILES string of the molecule is CC(C)Nc1nc(-c2ccc3c(c2)[C@@H](C)C(=O)N3)cs1. The van der Waals surface area contributed by atoms with Crippen molar-refractivity contribution in [1.29, 1.82) is 0 Å². The zero-order valence-corrected chi connectivity index (χ0v) is 12.5. The molecule has 0 saturated heterocycles. The van der Waals surface area contributed by atoms with Crippen LogP contribution in [0.5, 0.6) is 0 Å². The average Bonchev–Trinajstić information content (AvgIpc) is 2.95. The first kappa shape index (κ1) is 13.1. The van der Waals surface area contributed by atoms with Gasteiger partial charge in [-0.1, -0.05) is 6.07 Å². The van der Waals surface area contributed by atoms with E-state index in [2.05, 4.69) is 35.5 Å². The first-order valence-corrected chi connectivity index (χ1v) is 7.60. The molecular weight excluding hydrogens is 270 g/mol. The maximum Gasteiger partial charge on any atom is 0.231 e. The maximum absolute atomic E-state index is 11.7. The molecule has 4 nitrogen and oxygen atoms in total. The van der Waals surface area contributed by atoms with E-state index in [0.29, 0.717) is 6.04 Å². The van der Waals surface area contributed by atoms with Crippen molar-refractivity contribution in [1.82, 2.24) is 4.98 Å². The fraction of sp³-hybridized carbons (Fsp3) is 0.333. The van der Waals surface area contributed by atoms with Gasteiger partial charge in [0, 0.05) is 22.7 Å². The van der Waals surface area contributed by atoms with Crippen molar-refractivity contribution in [2.45, 2.75) is 32.7 Å². The third kappa shape index (κ3) is 2.29. The zero-order valence-electron chi connectivity index (χ0n) is 11.7. The van der Waals surface area contributed by atoms with E-state index in [-0.39, 0.29) is 11.8 Å². The molecule has 5 heteroatoms. The van der Waals surface area contributed by atoms with E-state index in [1.165, 1.54) is 0 Å². The number of nitrogens with one attached hydrogen (secondary N) is 2. The molecule has 0 fully saturated rings. The number of nitrogens with zero attached hydrogens (tertiary/aromatic N) is 1. The lowest BCUT2D eigenvalue weighted by Gasteiger charge is -2.05. The Morgan fingerprint density at radius 1 is 1.40 bits per heavy atom. The number of carbonyl (C=O) groups excluding carboxylic acids is 1. The van der Waals surface area contributed by atoms with Gasteiger partial charge in [0.2, 0.25) is 5.91 Å². The van der Waals surface area contributed by atoms with Crippen LogP contribution in [-0.2, 0) is 4.79 Å². The number of hydrogen-bond donors (Lipinski definition) is 2. The van der Waals surface area contributed by atoms with Crippen molar-refractivity contribution in [3.8, 4) is 11.3 Å². The van der Waals surface area contributed by atoms with Gasteiger partial charge in [0.25, 0.3) is 0 Å². The van der Waals surface area contributed by atoms with E-state index >= 15 is 0 Å². The number of rotatable bonds is 3. The summed E-state index contributed by atoms with van der Waals surface area (Å²) in [5.74, 6) is -0.0190. The van der Waals surface area contributed by atoms with Crippen LogP contribution >= 0.6 is 11.3 Å². The Bertz CT molecular complexity index is 663. The highest BCUT2D eigenvalue weighted by Crippen LogP contribution is 2.36. The van der Waals surface area contributed by atoms with E-state index in [0.717, 1.165) is 27.6 Å². The molecule has 1 atom stereocenters. The Labute approximate surface area is 122 Å². The highest BCUT2D eigenvalue weighted by molar-refractivity contribution is 7.14. The molecule has 1 aliphatic rings. The Balaban J connectivity index is 1.92. The van der Waals surface area contributed by atoms with Crippen molar-refractivity contribution >= 4 is 28.1 Å². The summed E-state index contributed by atoms with van der Waals surface area (Å²) in [6.07, 6.45) is 0. The fourth-order valence-corrected chi connectivity index (χ4v) is 3.16. The molecule has 1 aliphatic heterocycles. The summed E-state index contributed by atoms with van der Waals surface area (Å²) in [5.41, 5.74) is 3.98. The average molecular weight is 287 g/mol. The normalized spacial score (nSPS) is 17.2. The number of benzene rings is 1. The van der Waals surface area contributed by atoms with Gasteiger partial charge in [-0.3, -0.25) is 4.79 Å². The van der Waals surface area contributed by atoms with Crippen LogP contribution in [-0.4, -0.2) is 16.9 Å². The quantitative estimate of drug-likeness (QED) is 0.905. The minimum Gasteiger partial charge on any atom is -0.359 e. The molecule has 1 amide bonds. The van der Waals surface area contributed by atoms with Crippen LogP contribution in [0.25, 0.3) is 11.3 Å². The molecule has 20 heavy (non-hydrogen) atoms. The fourth-order valence-electron chi connectivity index (χ4n) is 2.30. The third-order valence-corrected chi connectivity index (χ3v) is 4.15. The highest BCUT2D eigenvalue weighted by Gasteiger charge is 2.26. The number of thiazole rings is 1. The minimum atomic E-state index is -0.0863. The summed E-state index contributed by atoms with van der Waals surface area (Å²) in [6, 6.07) is 6.40. The first-order valence-electron chi connectivity index (χ1n) is 6.72. The van der Waals surface area contributed by atoms with Gasteiger partial charge in [-0.05, 0) is 38.5 Å². The molecule has 0 unspecified atom stereocenters. The van der Waals surface area contributed by atoms with E-state index in [9.17, 15) is 4.79 Å². The lowest BCUT2D eigenvalue weighted by atomic mass is 10.00. The predicted molar refractivity (Wildman–Crippen MR) is 83.4 cm³/mol. The molecule has 0 saturated carbocycles. The predicted octanol–water partition coefficient (Wildman–Crippen LogP) is 3.69. The molecule has 0 bridgehead atoms. The molecule has 3 rings (SSSR count). The van der Waals surface area contributed by atoms with E-state index in [4.69, 9.17) is 0 Å². The Hall–Kier alpha value is -1.88. The van der Waals surface area contributed by atoms with Crippen LogP contribution in [0, 0.1) is 0 Å². The summed E-state index contributed by atoms with van der Waals surface area (Å²) in [7, 11) is 0. The molecule has 1 aromatic heterocycles. The molecule has 2 aromatic rings. The Morgan fingerprint density at radius 3 is 2.95 bits per heavy atom. The third-order valence-electron chi connectivity index (χ3n) is 3.38. The smallest absolute Gasteiger partial charge is 0.231 e. The minimum absolute atomic E-state index is 0.0672. The molecule has 104 valence electrons. The lowest BCUT2D eigenvalue weighted by Crippen LogP contribution is -2.08. The molecule has 0 radical (unpaired) electrons. The second-order valence-electron chi connectivity index (χ2n) is 5.35. The van der Waals surface area contributed by atoms with Crippen LogP contribution in [0.1, 0.15) is 32.3 Å². The van der Waals surface area contributed by atoms with Crippen LogP contribution < -0.4 is 10.6 Å². The van der Waals surface area contributed by atoms with Gasteiger partial charge in [0.05, 0.1) is 11.6 Å². The molecule has 0 aliphatic carbocycles. The molecule has 1 aromatic carbocycles. The standard InChI is InChI=1S/C15H17N3OS/c1-8(2)16-15-18-13(7-20-15)10-4-5-12-11(6-10)9(3)14(19)17-12/h4-9H,1-3H3,(H,16,18)(H,17,19)/t9-/m1/s1. The zero-order chi connectivity index (χ0) is 14.3. The number of aromatic nitrogens is 1. The number of hydrogen-bond acceptors (Lipinski definition) is 4. The topological polar surface area (TPSA) is 54.0 Å². The second-order valence-corrected chi connectivity index (χ2v) is 6.21. The maximum atomic E-state index is 11.7. The molecule has 2 heterocycles. The van der Waals surface area contributed by atoms with Crippen molar-refractivity contribution in [2.75, 3.05) is 10.6 Å². The lowest BCUT2D eigenvalue weighted by molar-refractivity contribution is -0.116. The Morgan fingerprint density at radius 2 is 2.20 bits per heavy atom. The molecule has 0 spiro atoms. The van der Waals surface area contributed by atoms with Gasteiger partial charge in [-0.25, -0.2) is 4.98 Å². The van der Waals surface area contributed by atoms with Crippen LogP contribution in [0.4, 0.5) is 10.8 Å². The van der Waals surface area contributed by atoms with E-state index in [1.54, 1.807) is 11.3 Å². The Kier molecular flexibility index (Phi) is 3.22. The summed E-state index contributed by atoms with van der Waals surface area (Å²) in [4.78, 5) is 16.3. The van der Waals surface area contributed by atoms with Crippen molar-refractivity contribution in [3.05, 3.63) is 29.1 Å². The summed E-state index contributed by atoms with van der Waals surface area (Å²) < 4.78 is 0. The van der Waals surface area contributed by atoms with Gasteiger partial charge in [0.1, 0.15) is 0 Å². The number of anilines is 2. The van der Waals surface area contributed by atoms with Crippen LogP contribution in [0.15, 0.2) is 23.6 Å². The molecular formula is C15H17N3OS. The van der Waals surface area contributed by atoms with Crippen LogP contribution in [0.2, 0.25) is 0 Å². The monoisotopic (exact) mass is 287 g/mol. The van der Waals surface area contributed by atoms with Crippen molar-refractivity contribution in [3.63, 3.8) is 0 Å². The van der Waals surface area contributed by atoms with Crippen LogP contribution in [0.3, 0.4) is 0 Å². The van der Waals surface area contributed by atoms with Crippen molar-refractivity contribution in [2.24, 2.45) is 0 Å². The van der Waals surface area contributed by atoms with Gasteiger partial charge in [-0.2, -0.15) is 0 Å². The largest absolute Gasteiger partial charge is 0.359 e. The summed E-state index contributed by atoms with van der Waals surface area (Å²) >= 11 is 1.60. The van der Waals surface area contributed by atoms with Gasteiger partial charge < -0.3 is 10.6 Å². The summed E-state index contributed by atoms with van der Waals surface area (Å²) in [6.45, 7) is 6.11. The van der Waals surface area contributed by atoms with Gasteiger partial charge >= 0.3 is 0 Å².